The van der Waals surface area contributed by atoms with E-state index in [1.807, 2.05) is 0 Å². The van der Waals surface area contributed by atoms with Crippen molar-refractivity contribution in [3.8, 4) is 11.5 Å². The highest BCUT2D eigenvalue weighted by Crippen LogP contribution is 2.28. The van der Waals surface area contributed by atoms with Crippen LogP contribution in [-0.2, 0) is 42.9 Å². The first-order chi connectivity index (χ1) is 16.5. The van der Waals surface area contributed by atoms with Gasteiger partial charge < -0.3 is 38.5 Å². The third-order valence-corrected chi connectivity index (χ3v) is 4.72. The van der Waals surface area contributed by atoms with Crippen molar-refractivity contribution in [2.24, 2.45) is 0 Å². The summed E-state index contributed by atoms with van der Waals surface area (Å²) in [7, 11) is 1.52. The maximum Gasteiger partial charge on any atom is 0.303 e. The maximum atomic E-state index is 11.9. The molecule has 35 heavy (non-hydrogen) atoms. The fraction of sp³-hybridized carbons (Fsp3) is 0.500. The van der Waals surface area contributed by atoms with Crippen LogP contribution in [0, 0.1) is 0 Å². The van der Waals surface area contributed by atoms with Crippen LogP contribution in [0.5, 0.6) is 11.5 Å². The van der Waals surface area contributed by atoms with E-state index >= 15 is 0 Å². The molecule has 1 aromatic carbocycles. The van der Waals surface area contributed by atoms with Crippen LogP contribution in [0.3, 0.4) is 0 Å². The van der Waals surface area contributed by atoms with E-state index in [-0.39, 0.29) is 11.8 Å². The Balaban J connectivity index is 2.33. The number of thiocarbonyl (C=S) groups is 1. The number of rotatable bonds is 8. The smallest absolute Gasteiger partial charge is 0.303 e. The number of carbonyl (C=O) groups excluding carboxylic acids is 4. The number of nitrogens with one attached hydrogen (secondary N) is 1. The fourth-order valence-electron chi connectivity index (χ4n) is 3.24. The average Bonchev–Trinajstić information content (AvgIpc) is 2.76. The predicted molar refractivity (Wildman–Crippen MR) is 121 cm³/mol. The van der Waals surface area contributed by atoms with E-state index in [4.69, 9.17) is 45.4 Å². The van der Waals surface area contributed by atoms with Gasteiger partial charge in [-0.25, -0.2) is 0 Å². The van der Waals surface area contributed by atoms with Crippen LogP contribution in [0.15, 0.2) is 24.3 Å². The summed E-state index contributed by atoms with van der Waals surface area (Å²) in [6.07, 6.45) is -6.25. The lowest BCUT2D eigenvalue weighted by molar-refractivity contribution is -0.255. The van der Waals surface area contributed by atoms with Gasteiger partial charge in [0.2, 0.25) is 0 Å². The topological polar surface area (TPSA) is 145 Å². The summed E-state index contributed by atoms with van der Waals surface area (Å²) in [5.41, 5.74) is 0. The van der Waals surface area contributed by atoms with Crippen LogP contribution in [0.2, 0.25) is 0 Å². The number of hydrogen-bond donors (Lipinski definition) is 1. The molecule has 12 nitrogen and oxygen atoms in total. The lowest BCUT2D eigenvalue weighted by Crippen LogP contribution is -2.66. The predicted octanol–water partition coefficient (Wildman–Crippen LogP) is 1.03. The van der Waals surface area contributed by atoms with Crippen LogP contribution in [0.4, 0.5) is 0 Å². The molecule has 0 aliphatic carbocycles. The highest BCUT2D eigenvalue weighted by molar-refractivity contribution is 7.80. The van der Waals surface area contributed by atoms with Crippen LogP contribution in [0.25, 0.3) is 0 Å². The summed E-state index contributed by atoms with van der Waals surface area (Å²) >= 11 is 5.25. The van der Waals surface area contributed by atoms with Gasteiger partial charge in [-0.3, -0.25) is 19.2 Å². The second-order valence-electron chi connectivity index (χ2n) is 7.33. The van der Waals surface area contributed by atoms with Gasteiger partial charge in [0.05, 0.1) is 7.11 Å². The molecule has 0 spiro atoms. The third kappa shape index (κ3) is 8.68. The molecule has 0 radical (unpaired) electrons. The summed E-state index contributed by atoms with van der Waals surface area (Å²) in [5.74, 6) is -1.85. The first-order valence-electron chi connectivity index (χ1n) is 10.4. The maximum absolute atomic E-state index is 11.9. The molecular weight excluding hydrogens is 486 g/mol. The molecule has 1 aliphatic rings. The Hall–Kier alpha value is -3.45. The molecule has 1 heterocycles. The molecule has 0 unspecified atom stereocenters. The van der Waals surface area contributed by atoms with Gasteiger partial charge in [0.15, 0.2) is 24.5 Å². The van der Waals surface area contributed by atoms with Crippen molar-refractivity contribution in [2.45, 2.75) is 58.3 Å². The average molecular weight is 514 g/mol. The molecule has 0 bridgehead atoms. The Bertz CT molecular complexity index is 936. The highest BCUT2D eigenvalue weighted by Gasteiger charge is 2.52. The number of carbonyl (C=O) groups is 4. The van der Waals surface area contributed by atoms with Gasteiger partial charge in [-0.2, -0.15) is 0 Å². The number of ether oxygens (including phenoxy) is 7. The number of esters is 4. The molecular formula is C22H27NO11S. The first kappa shape index (κ1) is 27.8. The van der Waals surface area contributed by atoms with Crippen molar-refractivity contribution in [1.82, 2.24) is 5.32 Å². The SMILES string of the molecule is COc1ccc(OC(=S)N[C@@H]2O[C@H](COC(C)=O)[C@H](OC(C)=O)[C@@H](OC(C)=O)[C@@H]2OC(C)=O)cc1. The standard InChI is InChI=1S/C22H27NO11S/c1-11(24)29-10-17-18(30-12(2)25)19(31-13(3)26)20(32-14(4)27)21(34-17)23-22(35)33-16-8-6-15(28-5)7-9-16/h6-9,17-21H,10H2,1-5H3,(H,23,35)/t17-,18+,19-,20+,21-/m1/s1. The van der Waals surface area contributed by atoms with E-state index in [2.05, 4.69) is 5.32 Å². The van der Waals surface area contributed by atoms with Gasteiger partial charge in [-0.05, 0) is 36.5 Å². The monoisotopic (exact) mass is 513 g/mol. The second kappa shape index (κ2) is 12.9. The summed E-state index contributed by atoms with van der Waals surface area (Å²) < 4.78 is 37.6. The Labute approximate surface area is 207 Å². The molecule has 1 aliphatic heterocycles. The van der Waals surface area contributed by atoms with Gasteiger partial charge in [0.25, 0.3) is 5.17 Å². The van der Waals surface area contributed by atoms with Gasteiger partial charge in [-0.1, -0.05) is 0 Å². The van der Waals surface area contributed by atoms with E-state index in [1.165, 1.54) is 14.0 Å². The minimum absolute atomic E-state index is 0.170. The largest absolute Gasteiger partial charge is 0.497 e. The zero-order chi connectivity index (χ0) is 26.1. The van der Waals surface area contributed by atoms with Gasteiger partial charge in [-0.15, -0.1) is 0 Å². The van der Waals surface area contributed by atoms with Crippen molar-refractivity contribution in [2.75, 3.05) is 13.7 Å². The summed E-state index contributed by atoms with van der Waals surface area (Å²) in [6, 6.07) is 6.54. The Morgan fingerprint density at radius 1 is 0.829 bits per heavy atom. The molecule has 2 rings (SSSR count). The summed E-state index contributed by atoms with van der Waals surface area (Å²) in [6.45, 7) is 4.23. The van der Waals surface area contributed by atoms with Crippen LogP contribution in [-0.4, -0.2) is 73.4 Å². The lowest BCUT2D eigenvalue weighted by atomic mass is 9.97. The Morgan fingerprint density at radius 2 is 1.34 bits per heavy atom. The number of benzene rings is 1. The van der Waals surface area contributed by atoms with Gasteiger partial charge >= 0.3 is 23.9 Å². The molecule has 0 amide bonds. The van der Waals surface area contributed by atoms with E-state index in [0.717, 1.165) is 20.8 Å². The fourth-order valence-corrected chi connectivity index (χ4v) is 3.45. The number of methoxy groups -OCH3 is 1. The van der Waals surface area contributed by atoms with E-state index in [1.54, 1.807) is 24.3 Å². The van der Waals surface area contributed by atoms with E-state index < -0.39 is 54.5 Å². The Morgan fingerprint density at radius 3 is 1.86 bits per heavy atom. The minimum atomic E-state index is -1.32. The van der Waals surface area contributed by atoms with Gasteiger partial charge in [0, 0.05) is 27.7 Å². The molecule has 13 heteroatoms. The van der Waals surface area contributed by atoms with Crippen molar-refractivity contribution < 1.29 is 52.3 Å². The normalized spacial score (nSPS) is 23.3. The molecule has 0 saturated carbocycles. The van der Waals surface area contributed by atoms with Crippen molar-refractivity contribution in [1.29, 1.82) is 0 Å². The van der Waals surface area contributed by atoms with Crippen molar-refractivity contribution >= 4 is 41.3 Å². The molecule has 1 saturated heterocycles. The second-order valence-corrected chi connectivity index (χ2v) is 7.70. The molecule has 5 atom stereocenters. The van der Waals surface area contributed by atoms with Crippen molar-refractivity contribution in [3.63, 3.8) is 0 Å². The summed E-state index contributed by atoms with van der Waals surface area (Å²) in [4.78, 5) is 46.9. The zero-order valence-electron chi connectivity index (χ0n) is 19.8. The summed E-state index contributed by atoms with van der Waals surface area (Å²) in [5, 5.41) is 2.58. The third-order valence-electron chi connectivity index (χ3n) is 4.52. The molecule has 1 fully saturated rings. The van der Waals surface area contributed by atoms with Crippen LogP contribution < -0.4 is 14.8 Å². The van der Waals surface area contributed by atoms with E-state index in [9.17, 15) is 19.2 Å². The van der Waals surface area contributed by atoms with Crippen LogP contribution in [0.1, 0.15) is 27.7 Å². The van der Waals surface area contributed by atoms with Crippen LogP contribution >= 0.6 is 12.2 Å². The quantitative estimate of drug-likeness (QED) is 0.300. The molecule has 1 N–H and O–H groups in total. The molecule has 192 valence electrons. The lowest BCUT2D eigenvalue weighted by Gasteiger charge is -2.44. The van der Waals surface area contributed by atoms with E-state index in [0.29, 0.717) is 11.5 Å². The minimum Gasteiger partial charge on any atom is -0.497 e. The molecule has 1 aromatic rings. The zero-order valence-corrected chi connectivity index (χ0v) is 20.6. The van der Waals surface area contributed by atoms with Crippen molar-refractivity contribution in [3.05, 3.63) is 24.3 Å². The molecule has 0 aromatic heterocycles. The van der Waals surface area contributed by atoms with Gasteiger partial charge in [0.1, 0.15) is 24.2 Å². The number of hydrogen-bond acceptors (Lipinski definition) is 12. The highest BCUT2D eigenvalue weighted by atomic mass is 32.1. The first-order valence-corrected chi connectivity index (χ1v) is 10.8. The Kier molecular flexibility index (Phi) is 10.2.